The average molecular weight is 619 g/mol. The summed E-state index contributed by atoms with van der Waals surface area (Å²) in [7, 11) is 0. The third-order valence-corrected chi connectivity index (χ3v) is 10.0. The Morgan fingerprint density at radius 2 is 1.84 bits per heavy atom. The Balaban J connectivity index is 1.29. The molecule has 8 rings (SSSR count). The van der Waals surface area contributed by atoms with E-state index in [-0.39, 0.29) is 28.4 Å². The van der Waals surface area contributed by atoms with E-state index in [4.69, 9.17) is 23.2 Å². The summed E-state index contributed by atoms with van der Waals surface area (Å²) >= 11 is 12.7. The first-order valence-electron chi connectivity index (χ1n) is 14.4. The molecule has 3 aliphatic heterocycles. The van der Waals surface area contributed by atoms with Gasteiger partial charge in [0.1, 0.15) is 11.4 Å². The molecule has 1 spiro atoms. The molecular weight excluding hydrogens is 592 g/mol. The molecule has 3 aromatic carbocycles. The lowest BCUT2D eigenvalue weighted by molar-refractivity contribution is -0.128. The summed E-state index contributed by atoms with van der Waals surface area (Å²) in [6, 6.07) is 17.3. The van der Waals surface area contributed by atoms with E-state index < -0.39 is 23.2 Å². The number of H-pyrrole nitrogens is 1. The van der Waals surface area contributed by atoms with E-state index in [1.54, 1.807) is 29.2 Å². The van der Waals surface area contributed by atoms with E-state index in [9.17, 15) is 9.59 Å². The number of rotatable bonds is 5. The molecule has 0 unspecified atom stereocenters. The van der Waals surface area contributed by atoms with Crippen LogP contribution in [0.1, 0.15) is 36.3 Å². The average Bonchev–Trinajstić information content (AvgIpc) is 3.43. The first kappa shape index (κ1) is 26.7. The quantitative estimate of drug-likeness (QED) is 0.311. The number of benzene rings is 3. The van der Waals surface area contributed by atoms with Gasteiger partial charge in [-0.05, 0) is 78.4 Å². The van der Waals surface area contributed by atoms with Crippen LogP contribution in [0.3, 0.4) is 0 Å². The van der Waals surface area contributed by atoms with E-state index in [1.165, 1.54) is 6.07 Å². The van der Waals surface area contributed by atoms with E-state index in [0.717, 1.165) is 18.4 Å². The number of tetrazole rings is 1. The highest BCUT2D eigenvalue weighted by molar-refractivity contribution is 6.31. The Kier molecular flexibility index (Phi) is 6.12. The van der Waals surface area contributed by atoms with Crippen LogP contribution in [0.15, 0.2) is 60.7 Å². The van der Waals surface area contributed by atoms with Crippen LogP contribution in [0, 0.1) is 17.7 Å². The monoisotopic (exact) mass is 617 g/mol. The number of halogens is 3. The van der Waals surface area contributed by atoms with Crippen LogP contribution in [0.4, 0.5) is 15.8 Å². The van der Waals surface area contributed by atoms with E-state index in [1.807, 2.05) is 30.3 Å². The standard InChI is InChI=1S/C31H26Cl2FN7O2/c32-18-8-11-21-23(14-18)35-30(43)31(21)26(20-2-1-3-22(33)27(20)34)25-24(41(31)15-16-4-5-16)12-13-40(29(25)42)19-9-6-17(7-10-19)28-36-38-39-37-28/h1-3,6-11,14,16,24-26H,4-5,12-13,15H2,(H,35,43)(H,36,37,38,39)/t24-,25+,26-,31+/m0/s1. The number of aromatic amines is 1. The molecule has 4 aromatic rings. The molecule has 12 heteroatoms. The zero-order valence-corrected chi connectivity index (χ0v) is 24.3. The number of likely N-dealkylation sites (tertiary alicyclic amines) is 1. The molecule has 2 N–H and O–H groups in total. The van der Waals surface area contributed by atoms with Crippen molar-refractivity contribution < 1.29 is 14.0 Å². The lowest BCUT2D eigenvalue weighted by atomic mass is 9.70. The van der Waals surface area contributed by atoms with Gasteiger partial charge in [-0.2, -0.15) is 5.21 Å². The third kappa shape index (κ3) is 3.96. The minimum Gasteiger partial charge on any atom is -0.324 e. The number of hydrogen-bond acceptors (Lipinski definition) is 6. The van der Waals surface area contributed by atoms with Gasteiger partial charge in [0.05, 0.1) is 10.9 Å². The van der Waals surface area contributed by atoms with Crippen molar-refractivity contribution in [2.75, 3.05) is 23.3 Å². The van der Waals surface area contributed by atoms with Gasteiger partial charge < -0.3 is 10.2 Å². The number of aromatic nitrogens is 4. The number of nitrogens with zero attached hydrogens (tertiary/aromatic N) is 5. The highest BCUT2D eigenvalue weighted by Crippen LogP contribution is 2.62. The SMILES string of the molecule is O=C1[C@@H]2[C@H](CCN1c1ccc(-c3nn[nH]n3)cc1)N(CC1CC1)[C@@]1(C(=O)Nc3cc(Cl)ccc31)[C@H]2c1cccc(Cl)c1F. The van der Waals surface area contributed by atoms with Gasteiger partial charge in [-0.1, -0.05) is 41.4 Å². The van der Waals surface area contributed by atoms with Crippen LogP contribution < -0.4 is 10.2 Å². The summed E-state index contributed by atoms with van der Waals surface area (Å²) in [5, 5.41) is 17.6. The molecule has 0 bridgehead atoms. The molecule has 9 nitrogen and oxygen atoms in total. The predicted molar refractivity (Wildman–Crippen MR) is 159 cm³/mol. The summed E-state index contributed by atoms with van der Waals surface area (Å²) in [6.07, 6.45) is 2.73. The molecule has 1 saturated carbocycles. The number of nitrogens with one attached hydrogen (secondary N) is 2. The fourth-order valence-corrected chi connectivity index (χ4v) is 7.92. The maximum Gasteiger partial charge on any atom is 0.250 e. The maximum atomic E-state index is 16.1. The highest BCUT2D eigenvalue weighted by Gasteiger charge is 2.70. The van der Waals surface area contributed by atoms with Crippen LogP contribution >= 0.6 is 23.2 Å². The third-order valence-electron chi connectivity index (χ3n) is 9.51. The van der Waals surface area contributed by atoms with Crippen LogP contribution in [-0.2, 0) is 15.1 Å². The van der Waals surface area contributed by atoms with Crippen molar-refractivity contribution >= 4 is 46.4 Å². The second-order valence-corrected chi connectivity index (χ2v) is 12.6. The van der Waals surface area contributed by atoms with Crippen molar-refractivity contribution in [1.82, 2.24) is 25.5 Å². The molecule has 3 fully saturated rings. The number of hydrogen-bond donors (Lipinski definition) is 2. The molecule has 2 saturated heterocycles. The van der Waals surface area contributed by atoms with Gasteiger partial charge in [-0.3, -0.25) is 14.5 Å². The van der Waals surface area contributed by atoms with Gasteiger partial charge in [0.15, 0.2) is 0 Å². The number of amides is 2. The Bertz CT molecular complexity index is 1760. The Morgan fingerprint density at radius 1 is 1.02 bits per heavy atom. The van der Waals surface area contributed by atoms with Gasteiger partial charge in [0, 0.05) is 52.6 Å². The molecule has 4 aliphatic rings. The van der Waals surface area contributed by atoms with Crippen molar-refractivity contribution in [3.63, 3.8) is 0 Å². The van der Waals surface area contributed by atoms with Crippen LogP contribution in [0.2, 0.25) is 10.0 Å². The van der Waals surface area contributed by atoms with E-state index in [2.05, 4.69) is 30.8 Å². The molecular formula is C31H26Cl2FN7O2. The van der Waals surface area contributed by atoms with Gasteiger partial charge in [-0.15, -0.1) is 10.2 Å². The van der Waals surface area contributed by atoms with Crippen LogP contribution in [0.25, 0.3) is 11.4 Å². The second-order valence-electron chi connectivity index (χ2n) is 11.8. The van der Waals surface area contributed by atoms with Crippen molar-refractivity contribution in [2.24, 2.45) is 11.8 Å². The summed E-state index contributed by atoms with van der Waals surface area (Å²) in [5.41, 5.74) is 1.72. The first-order chi connectivity index (χ1) is 20.9. The van der Waals surface area contributed by atoms with Gasteiger partial charge >= 0.3 is 0 Å². The minimum absolute atomic E-state index is 0.0447. The second kappa shape index (κ2) is 9.83. The highest BCUT2D eigenvalue weighted by atomic mass is 35.5. The minimum atomic E-state index is -1.31. The lowest BCUT2D eigenvalue weighted by Gasteiger charge is -2.40. The number of anilines is 2. The molecule has 2 amide bonds. The molecule has 1 aromatic heterocycles. The maximum absolute atomic E-state index is 16.1. The predicted octanol–water partition coefficient (Wildman–Crippen LogP) is 5.39. The summed E-state index contributed by atoms with van der Waals surface area (Å²) in [5.74, 6) is -1.70. The number of carbonyl (C=O) groups is 2. The number of carbonyl (C=O) groups excluding carboxylic acids is 2. The van der Waals surface area contributed by atoms with Gasteiger partial charge in [0.25, 0.3) is 0 Å². The molecule has 4 heterocycles. The van der Waals surface area contributed by atoms with Crippen molar-refractivity contribution in [3.8, 4) is 11.4 Å². The summed E-state index contributed by atoms with van der Waals surface area (Å²) in [6.45, 7) is 1.10. The Morgan fingerprint density at radius 3 is 2.58 bits per heavy atom. The zero-order chi connectivity index (χ0) is 29.5. The molecule has 1 aliphatic carbocycles. The van der Waals surface area contributed by atoms with Crippen molar-refractivity contribution in [2.45, 2.75) is 36.8 Å². The van der Waals surface area contributed by atoms with Gasteiger partial charge in [-0.25, -0.2) is 4.39 Å². The smallest absolute Gasteiger partial charge is 0.250 e. The van der Waals surface area contributed by atoms with Crippen LogP contribution in [-0.4, -0.2) is 56.5 Å². The fourth-order valence-electron chi connectivity index (χ4n) is 7.56. The van der Waals surface area contributed by atoms with E-state index >= 15 is 4.39 Å². The lowest BCUT2D eigenvalue weighted by Crippen LogP contribution is -2.54. The van der Waals surface area contributed by atoms with Crippen molar-refractivity contribution in [3.05, 3.63) is 87.7 Å². The normalized spacial score (nSPS) is 26.6. The summed E-state index contributed by atoms with van der Waals surface area (Å²) < 4.78 is 16.1. The molecule has 0 radical (unpaired) electrons. The van der Waals surface area contributed by atoms with Crippen molar-refractivity contribution in [1.29, 1.82) is 0 Å². The zero-order valence-electron chi connectivity index (χ0n) is 22.8. The molecule has 4 atom stereocenters. The fraction of sp³-hybridized carbons (Fsp3) is 0.323. The Hall–Kier alpha value is -3.86. The van der Waals surface area contributed by atoms with E-state index in [0.29, 0.717) is 53.2 Å². The molecule has 218 valence electrons. The molecule has 43 heavy (non-hydrogen) atoms. The first-order valence-corrected chi connectivity index (χ1v) is 15.1. The summed E-state index contributed by atoms with van der Waals surface area (Å²) in [4.78, 5) is 33.1. The van der Waals surface area contributed by atoms with Gasteiger partial charge in [0.2, 0.25) is 17.6 Å². The number of piperidine rings is 1. The largest absolute Gasteiger partial charge is 0.324 e. The topological polar surface area (TPSA) is 107 Å². The van der Waals surface area contributed by atoms with Crippen LogP contribution in [0.5, 0.6) is 0 Å². The number of fused-ring (bicyclic) bond motifs is 3. The Labute approximate surface area is 256 Å².